The smallest absolute Gasteiger partial charge is 0.252 e. The van der Waals surface area contributed by atoms with Gasteiger partial charge in [0, 0.05) is 11.4 Å². The summed E-state index contributed by atoms with van der Waals surface area (Å²) in [6.07, 6.45) is 0. The van der Waals surface area contributed by atoms with Crippen LogP contribution in [0, 0.1) is 6.92 Å². The molecule has 2 rings (SSSR count). The fourth-order valence-electron chi connectivity index (χ4n) is 1.51. The summed E-state index contributed by atoms with van der Waals surface area (Å²) in [7, 11) is 0. The summed E-state index contributed by atoms with van der Waals surface area (Å²) >= 11 is 1.70. The first-order valence-electron chi connectivity index (χ1n) is 6.07. The Hall–Kier alpha value is -1.37. The number of hydrogen-bond donors (Lipinski definition) is 1. The van der Waals surface area contributed by atoms with Crippen molar-refractivity contribution in [2.45, 2.75) is 24.2 Å². The predicted molar refractivity (Wildman–Crippen MR) is 73.7 cm³/mol. The van der Waals surface area contributed by atoms with Gasteiger partial charge < -0.3 is 15.0 Å². The molecule has 0 bridgehead atoms. The van der Waals surface area contributed by atoms with Gasteiger partial charge in [0.25, 0.3) is 5.89 Å². The Morgan fingerprint density at radius 2 is 2.21 bits per heavy atom. The molecule has 5 nitrogen and oxygen atoms in total. The van der Waals surface area contributed by atoms with Crippen LogP contribution < -0.4 is 5.73 Å². The van der Waals surface area contributed by atoms with Gasteiger partial charge in [-0.05, 0) is 18.6 Å². The van der Waals surface area contributed by atoms with E-state index in [1.807, 2.05) is 12.1 Å². The highest BCUT2D eigenvalue weighted by Crippen LogP contribution is 2.24. The van der Waals surface area contributed by atoms with E-state index in [9.17, 15) is 0 Å². The maximum Gasteiger partial charge on any atom is 0.252 e. The van der Waals surface area contributed by atoms with Crippen LogP contribution in [0.25, 0.3) is 0 Å². The molecule has 0 unspecified atom stereocenters. The average molecular weight is 279 g/mol. The van der Waals surface area contributed by atoms with Crippen LogP contribution in [0.2, 0.25) is 0 Å². The molecule has 0 aliphatic carbocycles. The highest BCUT2D eigenvalue weighted by Gasteiger charge is 2.07. The maximum absolute atomic E-state index is 5.33. The molecule has 1 aromatic heterocycles. The van der Waals surface area contributed by atoms with Crippen molar-refractivity contribution in [2.24, 2.45) is 5.73 Å². The minimum absolute atomic E-state index is 0.319. The van der Waals surface area contributed by atoms with E-state index in [-0.39, 0.29) is 0 Å². The van der Waals surface area contributed by atoms with Crippen LogP contribution in [0.5, 0.6) is 0 Å². The van der Waals surface area contributed by atoms with E-state index in [2.05, 4.69) is 29.2 Å². The van der Waals surface area contributed by atoms with Gasteiger partial charge in [-0.1, -0.05) is 23.4 Å². The van der Waals surface area contributed by atoms with Gasteiger partial charge in [0.05, 0.1) is 12.4 Å². The largest absolute Gasteiger partial charge is 0.370 e. The summed E-state index contributed by atoms with van der Waals surface area (Å²) in [5.41, 5.74) is 6.58. The molecular weight excluding hydrogens is 262 g/mol. The monoisotopic (exact) mass is 279 g/mol. The molecule has 0 aliphatic rings. The number of benzene rings is 1. The molecule has 1 heterocycles. The van der Waals surface area contributed by atoms with E-state index in [1.165, 1.54) is 10.5 Å². The molecule has 0 fully saturated rings. The maximum atomic E-state index is 5.33. The van der Waals surface area contributed by atoms with Gasteiger partial charge in [0.1, 0.15) is 6.61 Å². The zero-order valence-corrected chi connectivity index (χ0v) is 11.7. The molecule has 0 radical (unpaired) electrons. The molecular formula is C13H17N3O2S. The predicted octanol–water partition coefficient (Wildman–Crippen LogP) is 2.15. The average Bonchev–Trinajstić information content (AvgIpc) is 2.86. The standard InChI is InChI=1S/C13H17N3O2S/c1-10-4-2-3-5-11(10)19-9-12-15-13(18-16-12)8-17-7-6-14/h2-5H,6-9,14H2,1H3. The summed E-state index contributed by atoms with van der Waals surface area (Å²) < 4.78 is 10.3. The SMILES string of the molecule is Cc1ccccc1SCc1noc(COCCN)n1. The van der Waals surface area contributed by atoms with Crippen LogP contribution in [0.4, 0.5) is 0 Å². The molecule has 0 aliphatic heterocycles. The van der Waals surface area contributed by atoms with Crippen molar-refractivity contribution in [3.05, 3.63) is 41.5 Å². The van der Waals surface area contributed by atoms with Crippen LogP contribution >= 0.6 is 11.8 Å². The molecule has 1 aromatic carbocycles. The van der Waals surface area contributed by atoms with Crippen LogP contribution in [0.1, 0.15) is 17.3 Å². The Balaban J connectivity index is 1.85. The number of ether oxygens (including phenoxy) is 1. The lowest BCUT2D eigenvalue weighted by Crippen LogP contribution is -2.08. The number of hydrogen-bond acceptors (Lipinski definition) is 6. The first-order valence-corrected chi connectivity index (χ1v) is 7.06. The second-order valence-electron chi connectivity index (χ2n) is 4.00. The van der Waals surface area contributed by atoms with E-state index < -0.39 is 0 Å². The summed E-state index contributed by atoms with van der Waals surface area (Å²) in [5, 5.41) is 3.92. The first kappa shape index (κ1) is 14.0. The number of aromatic nitrogens is 2. The van der Waals surface area contributed by atoms with Gasteiger partial charge in [-0.15, -0.1) is 11.8 Å². The number of nitrogens with two attached hydrogens (primary N) is 1. The quantitative estimate of drug-likeness (QED) is 0.618. The van der Waals surface area contributed by atoms with Gasteiger partial charge in [0.15, 0.2) is 5.82 Å². The Labute approximate surface area is 116 Å². The van der Waals surface area contributed by atoms with Gasteiger partial charge in [-0.3, -0.25) is 0 Å². The third-order valence-corrected chi connectivity index (χ3v) is 3.62. The molecule has 2 aromatic rings. The Morgan fingerprint density at radius 3 is 3.00 bits per heavy atom. The van der Waals surface area contributed by atoms with Crippen molar-refractivity contribution in [2.75, 3.05) is 13.2 Å². The second-order valence-corrected chi connectivity index (χ2v) is 5.02. The minimum Gasteiger partial charge on any atom is -0.370 e. The lowest BCUT2D eigenvalue weighted by Gasteiger charge is -2.01. The van der Waals surface area contributed by atoms with Crippen molar-refractivity contribution < 1.29 is 9.26 Å². The topological polar surface area (TPSA) is 74.2 Å². The molecule has 0 saturated heterocycles. The van der Waals surface area contributed by atoms with Crippen molar-refractivity contribution in [1.29, 1.82) is 0 Å². The van der Waals surface area contributed by atoms with E-state index in [0.717, 1.165) is 0 Å². The molecule has 0 atom stereocenters. The zero-order chi connectivity index (χ0) is 13.5. The summed E-state index contributed by atoms with van der Waals surface area (Å²) in [4.78, 5) is 5.49. The number of nitrogens with zero attached hydrogens (tertiary/aromatic N) is 2. The normalized spacial score (nSPS) is 10.8. The van der Waals surface area contributed by atoms with E-state index in [4.69, 9.17) is 15.0 Å². The van der Waals surface area contributed by atoms with Gasteiger partial charge >= 0.3 is 0 Å². The van der Waals surface area contributed by atoms with Crippen LogP contribution in [-0.2, 0) is 17.1 Å². The van der Waals surface area contributed by atoms with Crippen molar-refractivity contribution in [1.82, 2.24) is 10.1 Å². The molecule has 0 spiro atoms. The lowest BCUT2D eigenvalue weighted by molar-refractivity contribution is 0.104. The number of thioether (sulfide) groups is 1. The van der Waals surface area contributed by atoms with Crippen molar-refractivity contribution >= 4 is 11.8 Å². The van der Waals surface area contributed by atoms with Crippen LogP contribution in [0.15, 0.2) is 33.7 Å². The van der Waals surface area contributed by atoms with Crippen molar-refractivity contribution in [3.63, 3.8) is 0 Å². The highest BCUT2D eigenvalue weighted by molar-refractivity contribution is 7.98. The zero-order valence-electron chi connectivity index (χ0n) is 10.8. The molecule has 6 heteroatoms. The first-order chi connectivity index (χ1) is 9.29. The summed E-state index contributed by atoms with van der Waals surface area (Å²) in [6, 6.07) is 8.23. The Bertz CT molecular complexity index is 516. The third kappa shape index (κ3) is 4.34. The summed E-state index contributed by atoms with van der Waals surface area (Å²) in [6.45, 7) is 3.39. The Kier molecular flexibility index (Phi) is 5.38. The fraction of sp³-hybridized carbons (Fsp3) is 0.385. The fourth-order valence-corrected chi connectivity index (χ4v) is 2.38. The lowest BCUT2D eigenvalue weighted by atomic mass is 10.2. The number of rotatable bonds is 7. The van der Waals surface area contributed by atoms with Gasteiger partial charge in [-0.2, -0.15) is 4.98 Å². The minimum atomic E-state index is 0.319. The van der Waals surface area contributed by atoms with E-state index in [1.54, 1.807) is 11.8 Å². The highest BCUT2D eigenvalue weighted by atomic mass is 32.2. The van der Waals surface area contributed by atoms with Crippen LogP contribution in [-0.4, -0.2) is 23.3 Å². The van der Waals surface area contributed by atoms with Crippen LogP contribution in [0.3, 0.4) is 0 Å². The third-order valence-electron chi connectivity index (χ3n) is 2.45. The Morgan fingerprint density at radius 1 is 1.37 bits per heavy atom. The molecule has 19 heavy (non-hydrogen) atoms. The molecule has 0 amide bonds. The van der Waals surface area contributed by atoms with Crippen molar-refractivity contribution in [3.8, 4) is 0 Å². The molecule has 0 saturated carbocycles. The molecule has 2 N–H and O–H groups in total. The van der Waals surface area contributed by atoms with E-state index in [0.29, 0.717) is 37.2 Å². The molecule has 102 valence electrons. The van der Waals surface area contributed by atoms with E-state index >= 15 is 0 Å². The summed E-state index contributed by atoms with van der Waals surface area (Å²) in [5.74, 6) is 1.86. The second kappa shape index (κ2) is 7.28. The van der Waals surface area contributed by atoms with Gasteiger partial charge in [0.2, 0.25) is 0 Å². The van der Waals surface area contributed by atoms with Gasteiger partial charge in [-0.25, -0.2) is 0 Å². The number of aryl methyl sites for hydroxylation is 1.